The van der Waals surface area contributed by atoms with Crippen LogP contribution in [0, 0.1) is 0 Å². The highest BCUT2D eigenvalue weighted by Crippen LogP contribution is 2.28. The van der Waals surface area contributed by atoms with Crippen molar-refractivity contribution in [3.05, 3.63) is 0 Å². The van der Waals surface area contributed by atoms with Gasteiger partial charge in [0.25, 0.3) is 0 Å². The van der Waals surface area contributed by atoms with E-state index in [0.29, 0.717) is 6.61 Å². The molecule has 1 atom stereocenters. The van der Waals surface area contributed by atoms with E-state index in [1.807, 2.05) is 0 Å². The lowest BCUT2D eigenvalue weighted by atomic mass is 10.1. The van der Waals surface area contributed by atoms with Gasteiger partial charge in [-0.1, -0.05) is 0 Å². The van der Waals surface area contributed by atoms with Crippen LogP contribution in [0.2, 0.25) is 0 Å². The monoisotopic (exact) mass is 144 g/mol. The molecule has 1 saturated heterocycles. The topological polar surface area (TPSA) is 35.5 Å². The first kappa shape index (κ1) is 7.69. The van der Waals surface area contributed by atoms with Crippen molar-refractivity contribution in [3.8, 4) is 0 Å². The largest absolute Gasteiger partial charge is 0.347 e. The van der Waals surface area contributed by atoms with Gasteiger partial charge in [0.05, 0.1) is 6.61 Å². The fourth-order valence-electron chi connectivity index (χ4n) is 0.996. The molecule has 1 fully saturated rings. The molecule has 1 rings (SSSR count). The maximum absolute atomic E-state index is 10.4. The van der Waals surface area contributed by atoms with Crippen LogP contribution in [0.15, 0.2) is 0 Å². The Balaban J connectivity index is 2.66. The summed E-state index contributed by atoms with van der Waals surface area (Å²) >= 11 is 0. The lowest BCUT2D eigenvalue weighted by Gasteiger charge is -2.19. The molecule has 0 amide bonds. The van der Waals surface area contributed by atoms with Gasteiger partial charge in [-0.2, -0.15) is 0 Å². The van der Waals surface area contributed by atoms with Crippen molar-refractivity contribution in [2.24, 2.45) is 0 Å². The molecule has 58 valence electrons. The highest BCUT2D eigenvalue weighted by Gasteiger charge is 2.41. The third-order valence-corrected chi connectivity index (χ3v) is 1.43. The summed E-state index contributed by atoms with van der Waals surface area (Å²) in [4.78, 5) is 10.4. The second-order valence-corrected chi connectivity index (χ2v) is 3.22. The zero-order valence-electron chi connectivity index (χ0n) is 6.51. The van der Waals surface area contributed by atoms with E-state index in [0.717, 1.165) is 6.29 Å². The molecular weight excluding hydrogens is 132 g/mol. The van der Waals surface area contributed by atoms with Crippen LogP contribution in [0.3, 0.4) is 0 Å². The second kappa shape index (κ2) is 2.04. The lowest BCUT2D eigenvalue weighted by molar-refractivity contribution is -0.161. The molecule has 0 N–H and O–H groups in total. The average molecular weight is 144 g/mol. The standard InChI is InChI=1S/C7H12O3/c1-6(2)9-5-7(3,4-8)10-6/h4H,5H2,1-3H3/t7-/m0/s1. The molecule has 1 aliphatic rings. The van der Waals surface area contributed by atoms with Crippen molar-refractivity contribution in [1.29, 1.82) is 0 Å². The Morgan fingerprint density at radius 2 is 2.00 bits per heavy atom. The smallest absolute Gasteiger partial charge is 0.164 e. The van der Waals surface area contributed by atoms with Gasteiger partial charge in [-0.3, -0.25) is 0 Å². The third kappa shape index (κ3) is 1.36. The van der Waals surface area contributed by atoms with Crippen LogP contribution in [-0.2, 0) is 14.3 Å². The maximum atomic E-state index is 10.4. The zero-order chi connectivity index (χ0) is 7.83. The minimum atomic E-state index is -0.733. The average Bonchev–Trinajstić information content (AvgIpc) is 2.08. The Bertz CT molecular complexity index is 153. The van der Waals surface area contributed by atoms with Crippen molar-refractivity contribution in [1.82, 2.24) is 0 Å². The van der Waals surface area contributed by atoms with E-state index in [4.69, 9.17) is 9.47 Å². The van der Waals surface area contributed by atoms with Crippen molar-refractivity contribution < 1.29 is 14.3 Å². The molecule has 3 heteroatoms. The highest BCUT2D eigenvalue weighted by molar-refractivity contribution is 5.62. The first-order valence-electron chi connectivity index (χ1n) is 3.28. The molecule has 0 bridgehead atoms. The van der Waals surface area contributed by atoms with E-state index in [1.165, 1.54) is 0 Å². The summed E-state index contributed by atoms with van der Waals surface area (Å²) < 4.78 is 10.5. The van der Waals surface area contributed by atoms with Crippen LogP contribution in [0.4, 0.5) is 0 Å². The number of ether oxygens (including phenoxy) is 2. The first-order chi connectivity index (χ1) is 4.47. The minimum absolute atomic E-state index is 0.351. The number of carbonyl (C=O) groups is 1. The van der Waals surface area contributed by atoms with Crippen LogP contribution < -0.4 is 0 Å². The van der Waals surface area contributed by atoms with Crippen LogP contribution in [-0.4, -0.2) is 24.3 Å². The molecule has 0 aromatic carbocycles. The van der Waals surface area contributed by atoms with Gasteiger partial charge in [0.2, 0.25) is 0 Å². The van der Waals surface area contributed by atoms with Gasteiger partial charge in [-0.05, 0) is 20.8 Å². The molecule has 0 aromatic rings. The SMILES string of the molecule is CC1(C)OC[C@](C)(C=O)O1. The Hall–Kier alpha value is -0.410. The van der Waals surface area contributed by atoms with Crippen LogP contribution >= 0.6 is 0 Å². The number of carbonyl (C=O) groups excluding carboxylic acids is 1. The van der Waals surface area contributed by atoms with E-state index in [9.17, 15) is 4.79 Å². The third-order valence-electron chi connectivity index (χ3n) is 1.43. The van der Waals surface area contributed by atoms with Gasteiger partial charge in [0, 0.05) is 0 Å². The zero-order valence-corrected chi connectivity index (χ0v) is 6.51. The summed E-state index contributed by atoms with van der Waals surface area (Å²) in [5.41, 5.74) is -0.733. The van der Waals surface area contributed by atoms with E-state index in [1.54, 1.807) is 20.8 Å². The van der Waals surface area contributed by atoms with Crippen molar-refractivity contribution in [2.75, 3.05) is 6.61 Å². The van der Waals surface area contributed by atoms with Gasteiger partial charge in [-0.25, -0.2) is 0 Å². The van der Waals surface area contributed by atoms with Gasteiger partial charge < -0.3 is 14.3 Å². The van der Waals surface area contributed by atoms with Crippen LogP contribution in [0.25, 0.3) is 0 Å². The summed E-state index contributed by atoms with van der Waals surface area (Å²) in [5.74, 6) is -0.602. The maximum Gasteiger partial charge on any atom is 0.164 e. The van der Waals surface area contributed by atoms with E-state index < -0.39 is 11.4 Å². The summed E-state index contributed by atoms with van der Waals surface area (Å²) in [5, 5.41) is 0. The van der Waals surface area contributed by atoms with Crippen LogP contribution in [0.5, 0.6) is 0 Å². The molecule has 0 saturated carbocycles. The predicted octanol–water partition coefficient (Wildman–Crippen LogP) is 0.727. The van der Waals surface area contributed by atoms with Crippen molar-refractivity contribution in [3.63, 3.8) is 0 Å². The normalized spacial score (nSPS) is 37.9. The Morgan fingerprint density at radius 1 is 1.40 bits per heavy atom. The predicted molar refractivity (Wildman–Crippen MR) is 35.6 cm³/mol. The summed E-state index contributed by atoms with van der Waals surface area (Å²) in [6, 6.07) is 0. The molecule has 0 spiro atoms. The van der Waals surface area contributed by atoms with Gasteiger partial charge in [0.15, 0.2) is 12.1 Å². The molecule has 0 unspecified atom stereocenters. The quantitative estimate of drug-likeness (QED) is 0.509. The Morgan fingerprint density at radius 3 is 2.20 bits per heavy atom. The molecule has 0 aromatic heterocycles. The van der Waals surface area contributed by atoms with Crippen molar-refractivity contribution in [2.45, 2.75) is 32.2 Å². The number of hydrogen-bond donors (Lipinski definition) is 0. The van der Waals surface area contributed by atoms with Crippen LogP contribution in [0.1, 0.15) is 20.8 Å². The molecule has 0 radical (unpaired) electrons. The van der Waals surface area contributed by atoms with Gasteiger partial charge in [0.1, 0.15) is 5.60 Å². The van der Waals surface area contributed by atoms with Crippen molar-refractivity contribution >= 4 is 6.29 Å². The highest BCUT2D eigenvalue weighted by atomic mass is 16.8. The van der Waals surface area contributed by atoms with Gasteiger partial charge in [-0.15, -0.1) is 0 Å². The minimum Gasteiger partial charge on any atom is -0.347 e. The number of rotatable bonds is 1. The summed E-state index contributed by atoms with van der Waals surface area (Å²) in [6.07, 6.45) is 0.780. The van der Waals surface area contributed by atoms with E-state index >= 15 is 0 Å². The molecular formula is C7H12O3. The Labute approximate surface area is 60.3 Å². The first-order valence-corrected chi connectivity index (χ1v) is 3.28. The number of aldehydes is 1. The Kier molecular flexibility index (Phi) is 1.57. The lowest BCUT2D eigenvalue weighted by Crippen LogP contribution is -2.32. The fourth-order valence-corrected chi connectivity index (χ4v) is 0.996. The molecule has 10 heavy (non-hydrogen) atoms. The van der Waals surface area contributed by atoms with Gasteiger partial charge >= 0.3 is 0 Å². The molecule has 1 aliphatic heterocycles. The summed E-state index contributed by atoms with van der Waals surface area (Å²) in [6.45, 7) is 5.65. The summed E-state index contributed by atoms with van der Waals surface area (Å²) in [7, 11) is 0. The fraction of sp³-hybridized carbons (Fsp3) is 0.857. The molecule has 3 nitrogen and oxygen atoms in total. The van der Waals surface area contributed by atoms with E-state index in [2.05, 4.69) is 0 Å². The van der Waals surface area contributed by atoms with E-state index in [-0.39, 0.29) is 0 Å². The molecule has 0 aliphatic carbocycles. The second-order valence-electron chi connectivity index (χ2n) is 3.22. The number of hydrogen-bond acceptors (Lipinski definition) is 3. The molecule has 1 heterocycles.